The molecule has 1 heterocycles. The minimum Gasteiger partial charge on any atom is -0.227 e. The molecule has 2 nitrogen and oxygen atoms in total. The van der Waals surface area contributed by atoms with Crippen LogP contribution in [0, 0.1) is 23.7 Å². The summed E-state index contributed by atoms with van der Waals surface area (Å²) in [4.78, 5) is 0. The zero-order chi connectivity index (χ0) is 9.57. The van der Waals surface area contributed by atoms with Gasteiger partial charge in [0.05, 0.1) is 0 Å². The molecule has 0 aromatic carbocycles. The van der Waals surface area contributed by atoms with E-state index in [0.717, 1.165) is 25.7 Å². The first-order valence-electron chi connectivity index (χ1n) is 4.32. The third-order valence-electron chi connectivity index (χ3n) is 1.69. The van der Waals surface area contributed by atoms with E-state index >= 15 is 0 Å². The lowest BCUT2D eigenvalue weighted by atomic mass is 10.2. The van der Waals surface area contributed by atoms with Crippen LogP contribution in [0.1, 0.15) is 25.7 Å². The van der Waals surface area contributed by atoms with Crippen LogP contribution < -0.4 is 0 Å². The molecule has 70 valence electrons. The second kappa shape index (κ2) is 4.94. The Morgan fingerprint density at radius 2 is 1.23 bits per heavy atom. The van der Waals surface area contributed by atoms with E-state index in [1.165, 1.54) is 0 Å². The van der Waals surface area contributed by atoms with Crippen molar-refractivity contribution in [2.45, 2.75) is 25.7 Å². The van der Waals surface area contributed by atoms with E-state index in [1.807, 2.05) is 0 Å². The Kier molecular flexibility index (Phi) is 3.86. The van der Waals surface area contributed by atoms with Gasteiger partial charge in [0.25, 0.3) is 0 Å². The van der Waals surface area contributed by atoms with E-state index in [9.17, 15) is 8.42 Å². The first kappa shape index (κ1) is 10.2. The van der Waals surface area contributed by atoms with Gasteiger partial charge < -0.3 is 0 Å². The van der Waals surface area contributed by atoms with Gasteiger partial charge in [-0.1, -0.05) is 11.8 Å². The summed E-state index contributed by atoms with van der Waals surface area (Å²) in [5.41, 5.74) is 0. The summed E-state index contributed by atoms with van der Waals surface area (Å²) >= 11 is 0. The first-order valence-corrected chi connectivity index (χ1v) is 6.15. The van der Waals surface area contributed by atoms with Crippen molar-refractivity contribution >= 4 is 9.84 Å². The topological polar surface area (TPSA) is 34.1 Å². The number of rotatable bonds is 0. The predicted molar refractivity (Wildman–Crippen MR) is 52.7 cm³/mol. The van der Waals surface area contributed by atoms with Crippen LogP contribution in [0.2, 0.25) is 0 Å². The van der Waals surface area contributed by atoms with Crippen LogP contribution in [-0.2, 0) is 9.84 Å². The maximum atomic E-state index is 11.2. The molecule has 0 unspecified atom stereocenters. The summed E-state index contributed by atoms with van der Waals surface area (Å²) in [6.45, 7) is 0. The molecule has 0 saturated carbocycles. The second-order valence-corrected chi connectivity index (χ2v) is 5.01. The van der Waals surface area contributed by atoms with Gasteiger partial charge in [0, 0.05) is 12.8 Å². The highest BCUT2D eigenvalue weighted by Gasteiger charge is 2.05. The normalized spacial score (nSPS) is 21.2. The van der Waals surface area contributed by atoms with Crippen molar-refractivity contribution < 1.29 is 8.42 Å². The lowest BCUT2D eigenvalue weighted by molar-refractivity contribution is 0.603. The van der Waals surface area contributed by atoms with Gasteiger partial charge in [0.2, 0.25) is 0 Å². The van der Waals surface area contributed by atoms with E-state index < -0.39 is 9.84 Å². The molecule has 0 fully saturated rings. The average molecular weight is 196 g/mol. The lowest BCUT2D eigenvalue weighted by Crippen LogP contribution is -2.07. The van der Waals surface area contributed by atoms with Gasteiger partial charge in [-0.3, -0.25) is 0 Å². The Bertz CT molecular complexity index is 339. The van der Waals surface area contributed by atoms with E-state index in [1.54, 1.807) is 0 Å². The van der Waals surface area contributed by atoms with Crippen molar-refractivity contribution in [1.82, 2.24) is 0 Å². The van der Waals surface area contributed by atoms with Gasteiger partial charge in [0.1, 0.15) is 11.5 Å². The smallest absolute Gasteiger partial charge is 0.172 e. The van der Waals surface area contributed by atoms with Crippen LogP contribution >= 0.6 is 0 Å². The van der Waals surface area contributed by atoms with Gasteiger partial charge in [-0.25, -0.2) is 8.42 Å². The molecule has 0 amide bonds. The third kappa shape index (κ3) is 4.60. The molecular weight excluding hydrogens is 184 g/mol. The Hall–Kier alpha value is -0.930. The average Bonchev–Trinajstić information content (AvgIpc) is 2.10. The van der Waals surface area contributed by atoms with Crippen molar-refractivity contribution in [2.75, 3.05) is 11.5 Å². The number of sulfone groups is 1. The Morgan fingerprint density at radius 3 is 1.69 bits per heavy atom. The van der Waals surface area contributed by atoms with Crippen molar-refractivity contribution in [3.05, 3.63) is 0 Å². The molecule has 0 aromatic heterocycles. The van der Waals surface area contributed by atoms with Crippen molar-refractivity contribution in [3.63, 3.8) is 0 Å². The van der Waals surface area contributed by atoms with Crippen LogP contribution in [0.4, 0.5) is 0 Å². The zero-order valence-electron chi connectivity index (χ0n) is 7.47. The summed E-state index contributed by atoms with van der Waals surface area (Å²) in [6, 6.07) is 0. The summed E-state index contributed by atoms with van der Waals surface area (Å²) in [5, 5.41) is 0. The van der Waals surface area contributed by atoms with Gasteiger partial charge in [-0.15, -0.1) is 11.8 Å². The van der Waals surface area contributed by atoms with E-state index in [0.29, 0.717) is 0 Å². The third-order valence-corrected chi connectivity index (χ3v) is 2.86. The Labute approximate surface area is 79.6 Å². The van der Waals surface area contributed by atoms with Crippen LogP contribution in [0.15, 0.2) is 0 Å². The molecule has 0 atom stereocenters. The summed E-state index contributed by atoms with van der Waals surface area (Å²) in [6.07, 6.45) is 3.61. The lowest BCUT2D eigenvalue weighted by Gasteiger charge is -1.90. The highest BCUT2D eigenvalue weighted by atomic mass is 32.2. The van der Waals surface area contributed by atoms with Crippen molar-refractivity contribution in [1.29, 1.82) is 0 Å². The predicted octanol–water partition coefficient (Wildman–Crippen LogP) is 0.982. The largest absolute Gasteiger partial charge is 0.227 e. The molecule has 0 aliphatic carbocycles. The minimum absolute atomic E-state index is 0.0400. The Balaban J connectivity index is 2.69. The van der Waals surface area contributed by atoms with Gasteiger partial charge in [-0.05, 0) is 12.8 Å². The van der Waals surface area contributed by atoms with Gasteiger partial charge in [-0.2, -0.15) is 0 Å². The molecular formula is C10H12O2S. The van der Waals surface area contributed by atoms with Crippen molar-refractivity contribution in [2.24, 2.45) is 0 Å². The zero-order valence-corrected chi connectivity index (χ0v) is 8.28. The SMILES string of the molecule is O=S1(=O)CC#CCCCCC#CC1. The molecule has 0 radical (unpaired) electrons. The molecule has 0 saturated heterocycles. The van der Waals surface area contributed by atoms with E-state index in [4.69, 9.17) is 0 Å². The Morgan fingerprint density at radius 1 is 0.769 bits per heavy atom. The molecule has 1 aliphatic rings. The molecule has 0 N–H and O–H groups in total. The van der Waals surface area contributed by atoms with E-state index in [-0.39, 0.29) is 11.5 Å². The van der Waals surface area contributed by atoms with Crippen LogP contribution in [-0.4, -0.2) is 19.9 Å². The fourth-order valence-corrected chi connectivity index (χ4v) is 1.72. The van der Waals surface area contributed by atoms with Gasteiger partial charge in [0.15, 0.2) is 9.84 Å². The minimum atomic E-state index is -3.05. The maximum absolute atomic E-state index is 11.2. The molecule has 1 rings (SSSR count). The summed E-state index contributed by atoms with van der Waals surface area (Å²) in [5.74, 6) is 11.0. The monoisotopic (exact) mass is 196 g/mol. The summed E-state index contributed by atoms with van der Waals surface area (Å²) < 4.78 is 22.4. The molecule has 13 heavy (non-hydrogen) atoms. The van der Waals surface area contributed by atoms with E-state index in [2.05, 4.69) is 23.7 Å². The standard InChI is InChI=1S/C10H12O2S/c11-13(12)9-7-5-3-1-2-4-6-8-10-13/h1-4,9-10H2. The summed E-state index contributed by atoms with van der Waals surface area (Å²) in [7, 11) is -3.05. The number of hydrogen-bond acceptors (Lipinski definition) is 2. The molecule has 1 aliphatic heterocycles. The molecule has 0 bridgehead atoms. The first-order chi connectivity index (χ1) is 6.21. The molecule has 3 heteroatoms. The maximum Gasteiger partial charge on any atom is 0.172 e. The van der Waals surface area contributed by atoms with Crippen molar-refractivity contribution in [3.8, 4) is 23.7 Å². The second-order valence-electron chi connectivity index (χ2n) is 2.95. The van der Waals surface area contributed by atoms with Gasteiger partial charge >= 0.3 is 0 Å². The highest BCUT2D eigenvalue weighted by Crippen LogP contribution is 1.98. The van der Waals surface area contributed by atoms with Crippen LogP contribution in [0.25, 0.3) is 0 Å². The fourth-order valence-electron chi connectivity index (χ4n) is 0.977. The molecule has 0 aromatic rings. The quantitative estimate of drug-likeness (QED) is 0.541. The van der Waals surface area contributed by atoms with Crippen LogP contribution in [0.5, 0.6) is 0 Å². The highest BCUT2D eigenvalue weighted by molar-refractivity contribution is 7.91. The molecule has 0 spiro atoms. The fraction of sp³-hybridized carbons (Fsp3) is 0.600. The van der Waals surface area contributed by atoms with Crippen LogP contribution in [0.3, 0.4) is 0 Å². The number of hydrogen-bond donors (Lipinski definition) is 0.